The van der Waals surface area contributed by atoms with Gasteiger partial charge in [0.25, 0.3) is 0 Å². The van der Waals surface area contributed by atoms with Crippen molar-refractivity contribution in [1.29, 1.82) is 0 Å². The number of hydrogen-bond acceptors (Lipinski definition) is 5. The van der Waals surface area contributed by atoms with E-state index in [2.05, 4.69) is 47.8 Å². The van der Waals surface area contributed by atoms with Crippen molar-refractivity contribution in [3.8, 4) is 11.5 Å². The van der Waals surface area contributed by atoms with E-state index in [1.807, 2.05) is 24.3 Å². The highest BCUT2D eigenvalue weighted by atomic mass is 79.9. The van der Waals surface area contributed by atoms with Gasteiger partial charge in [-0.15, -0.1) is 0 Å². The van der Waals surface area contributed by atoms with Crippen LogP contribution < -0.4 is 0 Å². The maximum Gasteiger partial charge on any atom is 0.173 e. The van der Waals surface area contributed by atoms with Gasteiger partial charge in [-0.2, -0.15) is 0 Å². The fourth-order valence-corrected chi connectivity index (χ4v) is 3.33. The zero-order valence-corrected chi connectivity index (χ0v) is 17.8. The molecule has 8 heteroatoms. The van der Waals surface area contributed by atoms with Crippen LogP contribution in [0, 0.1) is 0 Å². The Morgan fingerprint density at radius 1 is 1.00 bits per heavy atom. The highest BCUT2D eigenvalue weighted by molar-refractivity contribution is 9.13. The number of aliphatic hydroxyl groups is 2. The summed E-state index contributed by atoms with van der Waals surface area (Å²) < 4.78 is 6.54. The number of alkyl halides is 1. The second-order valence-corrected chi connectivity index (χ2v) is 7.93. The van der Waals surface area contributed by atoms with Gasteiger partial charge in [0.05, 0.1) is 17.7 Å². The van der Waals surface area contributed by atoms with Crippen LogP contribution >= 0.6 is 47.8 Å². The fourth-order valence-electron chi connectivity index (χ4n) is 2.13. The largest absolute Gasteiger partial charge is 0.504 e. The number of phenols is 2. The summed E-state index contributed by atoms with van der Waals surface area (Å²) in [4.78, 5) is 0. The Morgan fingerprint density at radius 3 is 2.20 bits per heavy atom. The number of phenolic OH excluding ortho intramolecular Hbond substituents is 2. The van der Waals surface area contributed by atoms with Crippen LogP contribution in [0.4, 0.5) is 0 Å². The maximum atomic E-state index is 9.75. The molecule has 2 aromatic rings. The molecule has 0 spiro atoms. The van der Waals surface area contributed by atoms with Crippen LogP contribution in [0.1, 0.15) is 16.7 Å². The molecule has 5 nitrogen and oxygen atoms in total. The summed E-state index contributed by atoms with van der Waals surface area (Å²) >= 11 is 9.81. The minimum atomic E-state index is -0.975. The standard InChI is InChI=1S/C17H17Br3O5/c18-14-11(6-12(22)16(24)15(14)19)5-9-1-3-10(4-2-9)8-25-17(20)13(23)7-21/h1-4,6,13,17,21-24H,5,7-8H2. The SMILES string of the molecule is OCC(O)C(Br)OCc1ccc(Cc2cc(O)c(O)c(Br)c2Br)cc1. The molecule has 136 valence electrons. The number of hydrogen-bond donors (Lipinski definition) is 4. The third-order valence-electron chi connectivity index (χ3n) is 3.55. The van der Waals surface area contributed by atoms with Gasteiger partial charge in [0.2, 0.25) is 0 Å². The quantitative estimate of drug-likeness (QED) is 0.317. The lowest BCUT2D eigenvalue weighted by atomic mass is 10.0. The molecular formula is C17H17Br3O5. The molecule has 2 aromatic carbocycles. The van der Waals surface area contributed by atoms with E-state index < -0.39 is 11.1 Å². The van der Waals surface area contributed by atoms with Crippen molar-refractivity contribution in [2.75, 3.05) is 6.61 Å². The topological polar surface area (TPSA) is 90.2 Å². The van der Waals surface area contributed by atoms with Gasteiger partial charge in [-0.1, -0.05) is 40.2 Å². The molecule has 2 atom stereocenters. The third kappa shape index (κ3) is 5.42. The Bertz CT molecular complexity index is 721. The molecule has 25 heavy (non-hydrogen) atoms. The Balaban J connectivity index is 2.04. The first-order valence-corrected chi connectivity index (χ1v) is 9.84. The van der Waals surface area contributed by atoms with E-state index >= 15 is 0 Å². The molecule has 0 saturated heterocycles. The average Bonchev–Trinajstić information content (AvgIpc) is 2.62. The van der Waals surface area contributed by atoms with Gasteiger partial charge in [0, 0.05) is 4.47 Å². The highest BCUT2D eigenvalue weighted by Gasteiger charge is 2.16. The van der Waals surface area contributed by atoms with Gasteiger partial charge in [0.15, 0.2) is 11.5 Å². The second-order valence-electron chi connectivity index (χ2n) is 5.44. The van der Waals surface area contributed by atoms with Gasteiger partial charge in [-0.25, -0.2) is 0 Å². The molecule has 0 aliphatic rings. The Hall–Kier alpha value is -0.640. The zero-order valence-electron chi connectivity index (χ0n) is 13.0. The molecule has 0 saturated carbocycles. The van der Waals surface area contributed by atoms with E-state index in [4.69, 9.17) is 9.84 Å². The molecule has 0 heterocycles. The molecule has 0 aliphatic carbocycles. The normalized spacial score (nSPS) is 13.6. The predicted octanol–water partition coefficient (Wildman–Crippen LogP) is 3.80. The summed E-state index contributed by atoms with van der Waals surface area (Å²) in [6, 6.07) is 9.21. The summed E-state index contributed by atoms with van der Waals surface area (Å²) in [5.74, 6) is -0.376. The Kier molecular flexibility index (Phi) is 7.72. The molecule has 2 unspecified atom stereocenters. The molecule has 4 N–H and O–H groups in total. The molecule has 0 bridgehead atoms. The minimum Gasteiger partial charge on any atom is -0.504 e. The molecule has 0 aliphatic heterocycles. The van der Waals surface area contributed by atoms with Gasteiger partial charge in [-0.05, 0) is 61.0 Å². The average molecular weight is 541 g/mol. The molecule has 0 fully saturated rings. The zero-order chi connectivity index (χ0) is 18.6. The van der Waals surface area contributed by atoms with E-state index in [1.54, 1.807) is 0 Å². The monoisotopic (exact) mass is 538 g/mol. The van der Waals surface area contributed by atoms with Crippen LogP contribution in [0.25, 0.3) is 0 Å². The predicted molar refractivity (Wildman–Crippen MR) is 105 cm³/mol. The van der Waals surface area contributed by atoms with Crippen molar-refractivity contribution in [3.63, 3.8) is 0 Å². The lowest BCUT2D eigenvalue weighted by Crippen LogP contribution is -2.26. The van der Waals surface area contributed by atoms with Crippen LogP contribution in [-0.2, 0) is 17.8 Å². The number of aliphatic hydroxyl groups excluding tert-OH is 2. The van der Waals surface area contributed by atoms with Crippen LogP contribution in [0.2, 0.25) is 0 Å². The first-order chi connectivity index (χ1) is 11.8. The van der Waals surface area contributed by atoms with Crippen molar-refractivity contribution in [3.05, 3.63) is 56.0 Å². The number of aromatic hydroxyl groups is 2. The van der Waals surface area contributed by atoms with E-state index in [0.717, 1.165) is 16.7 Å². The van der Waals surface area contributed by atoms with Crippen molar-refractivity contribution in [2.45, 2.75) is 24.1 Å². The van der Waals surface area contributed by atoms with Gasteiger partial charge >= 0.3 is 0 Å². The molecule has 0 radical (unpaired) electrons. The van der Waals surface area contributed by atoms with Crippen LogP contribution in [0.15, 0.2) is 39.3 Å². The minimum absolute atomic E-state index is 0.180. The first-order valence-electron chi connectivity index (χ1n) is 7.34. The lowest BCUT2D eigenvalue weighted by molar-refractivity contribution is -0.0159. The van der Waals surface area contributed by atoms with Crippen molar-refractivity contribution < 1.29 is 25.2 Å². The van der Waals surface area contributed by atoms with E-state index in [0.29, 0.717) is 22.0 Å². The van der Waals surface area contributed by atoms with Crippen LogP contribution in [0.3, 0.4) is 0 Å². The molecular weight excluding hydrogens is 524 g/mol. The maximum absolute atomic E-state index is 9.75. The lowest BCUT2D eigenvalue weighted by Gasteiger charge is -2.16. The van der Waals surface area contributed by atoms with E-state index in [1.165, 1.54) is 6.07 Å². The first kappa shape index (κ1) is 20.7. The van der Waals surface area contributed by atoms with Crippen LogP contribution in [0.5, 0.6) is 11.5 Å². The van der Waals surface area contributed by atoms with Crippen molar-refractivity contribution in [1.82, 2.24) is 0 Å². The summed E-state index contributed by atoms with van der Waals surface area (Å²) in [5.41, 5.74) is 2.78. The molecule has 0 aromatic heterocycles. The number of rotatable bonds is 7. The fraction of sp³-hybridized carbons (Fsp3) is 0.294. The number of ether oxygens (including phenoxy) is 1. The van der Waals surface area contributed by atoms with Gasteiger partial charge in [-0.3, -0.25) is 0 Å². The van der Waals surface area contributed by atoms with E-state index in [-0.39, 0.29) is 18.1 Å². The summed E-state index contributed by atoms with van der Waals surface area (Å²) in [5, 5.41) is 37.1. The molecule has 2 rings (SSSR count). The smallest absolute Gasteiger partial charge is 0.173 e. The Morgan fingerprint density at radius 2 is 1.60 bits per heavy atom. The second kappa shape index (κ2) is 9.34. The van der Waals surface area contributed by atoms with E-state index in [9.17, 15) is 15.3 Å². The summed E-state index contributed by atoms with van der Waals surface area (Å²) in [6.07, 6.45) is -0.407. The summed E-state index contributed by atoms with van der Waals surface area (Å²) in [6.45, 7) is -0.0821. The van der Waals surface area contributed by atoms with Crippen LogP contribution in [-0.4, -0.2) is 38.2 Å². The van der Waals surface area contributed by atoms with Crippen molar-refractivity contribution in [2.24, 2.45) is 0 Å². The number of halogens is 3. The Labute approximate surface area is 170 Å². The van der Waals surface area contributed by atoms with Gasteiger partial charge < -0.3 is 25.2 Å². The highest BCUT2D eigenvalue weighted by Crippen LogP contribution is 2.41. The van der Waals surface area contributed by atoms with Crippen molar-refractivity contribution >= 4 is 47.8 Å². The summed E-state index contributed by atoms with van der Waals surface area (Å²) in [7, 11) is 0. The third-order valence-corrected chi connectivity index (χ3v) is 6.64. The molecule has 0 amide bonds. The number of benzene rings is 2. The van der Waals surface area contributed by atoms with Gasteiger partial charge in [0.1, 0.15) is 11.1 Å².